The molecule has 1 aliphatic heterocycles. The highest BCUT2D eigenvalue weighted by Gasteiger charge is 2.40. The quantitative estimate of drug-likeness (QED) is 0.825. The van der Waals surface area contributed by atoms with Crippen LogP contribution in [0.15, 0.2) is 36.4 Å². The summed E-state index contributed by atoms with van der Waals surface area (Å²) in [5.74, 6) is -0.600. The molecule has 1 N–H and O–H groups in total. The van der Waals surface area contributed by atoms with Gasteiger partial charge in [0.1, 0.15) is 6.04 Å². The van der Waals surface area contributed by atoms with Crippen LogP contribution in [0.4, 0.5) is 11.4 Å². The van der Waals surface area contributed by atoms with Gasteiger partial charge >= 0.3 is 0 Å². The van der Waals surface area contributed by atoms with E-state index in [4.69, 9.17) is 23.2 Å². The molecule has 4 nitrogen and oxygen atoms in total. The summed E-state index contributed by atoms with van der Waals surface area (Å²) in [6, 6.07) is 10.0. The first-order chi connectivity index (χ1) is 11.4. The molecular formula is C18H16Cl2N2O2. The average Bonchev–Trinajstić information content (AvgIpc) is 2.78. The van der Waals surface area contributed by atoms with Gasteiger partial charge in [0.15, 0.2) is 0 Å². The molecule has 2 aromatic rings. The van der Waals surface area contributed by atoms with Gasteiger partial charge in [-0.2, -0.15) is 0 Å². The number of carbonyl (C=O) groups excluding carboxylic acids is 2. The van der Waals surface area contributed by atoms with Crippen molar-refractivity contribution in [1.82, 2.24) is 0 Å². The van der Waals surface area contributed by atoms with Gasteiger partial charge in [-0.3, -0.25) is 9.59 Å². The third-order valence-electron chi connectivity index (χ3n) is 4.02. The third-order valence-corrected chi connectivity index (χ3v) is 4.56. The van der Waals surface area contributed by atoms with E-state index in [1.54, 1.807) is 12.1 Å². The van der Waals surface area contributed by atoms with Crippen LogP contribution in [0.1, 0.15) is 17.5 Å². The van der Waals surface area contributed by atoms with E-state index in [0.29, 0.717) is 10.7 Å². The maximum Gasteiger partial charge on any atom is 0.256 e. The standard InChI is InChI=1S/C18H16Cl2N2O2/c1-10-3-4-11(2)14(7-10)21-15-9-17(23)22(18(15)24)16-6-5-12(19)8-13(16)20/h3-8,15,21H,9H2,1-2H3/t15-/m0/s1. The molecule has 0 aliphatic carbocycles. The zero-order valence-electron chi connectivity index (χ0n) is 13.3. The van der Waals surface area contributed by atoms with Gasteiger partial charge in [0.25, 0.3) is 5.91 Å². The highest BCUT2D eigenvalue weighted by Crippen LogP contribution is 2.33. The molecule has 24 heavy (non-hydrogen) atoms. The minimum atomic E-state index is -0.607. The first kappa shape index (κ1) is 16.8. The van der Waals surface area contributed by atoms with Gasteiger partial charge in [-0.05, 0) is 49.2 Å². The second-order valence-corrected chi connectivity index (χ2v) is 6.73. The molecule has 1 atom stereocenters. The van der Waals surface area contributed by atoms with E-state index in [1.165, 1.54) is 6.07 Å². The number of aryl methyl sites for hydroxylation is 2. The summed E-state index contributed by atoms with van der Waals surface area (Å²) < 4.78 is 0. The summed E-state index contributed by atoms with van der Waals surface area (Å²) in [7, 11) is 0. The van der Waals surface area contributed by atoms with Crippen molar-refractivity contribution in [2.45, 2.75) is 26.3 Å². The van der Waals surface area contributed by atoms with Crippen molar-refractivity contribution in [2.75, 3.05) is 10.2 Å². The van der Waals surface area contributed by atoms with E-state index in [1.807, 2.05) is 32.0 Å². The predicted octanol–water partition coefficient (Wildman–Crippen LogP) is 4.35. The third kappa shape index (κ3) is 3.12. The van der Waals surface area contributed by atoms with Gasteiger partial charge in [-0.15, -0.1) is 0 Å². The van der Waals surface area contributed by atoms with Gasteiger partial charge in [-0.25, -0.2) is 4.90 Å². The van der Waals surface area contributed by atoms with E-state index >= 15 is 0 Å². The minimum absolute atomic E-state index is 0.0885. The van der Waals surface area contributed by atoms with Gasteiger partial charge in [0.05, 0.1) is 17.1 Å². The fraction of sp³-hybridized carbons (Fsp3) is 0.222. The monoisotopic (exact) mass is 362 g/mol. The normalized spacial score (nSPS) is 17.5. The lowest BCUT2D eigenvalue weighted by Gasteiger charge is -2.18. The maximum atomic E-state index is 12.7. The maximum absolute atomic E-state index is 12.7. The molecule has 2 amide bonds. The molecular weight excluding hydrogens is 347 g/mol. The predicted molar refractivity (Wildman–Crippen MR) is 96.9 cm³/mol. The van der Waals surface area contributed by atoms with Crippen LogP contribution in [0.25, 0.3) is 0 Å². The first-order valence-corrected chi connectivity index (χ1v) is 8.28. The summed E-state index contributed by atoms with van der Waals surface area (Å²) in [5, 5.41) is 3.91. The van der Waals surface area contributed by atoms with E-state index in [0.717, 1.165) is 21.7 Å². The van der Waals surface area contributed by atoms with Crippen molar-refractivity contribution >= 4 is 46.4 Å². The SMILES string of the molecule is Cc1ccc(C)c(N[C@H]2CC(=O)N(c3ccc(Cl)cc3Cl)C2=O)c1. The first-order valence-electron chi connectivity index (χ1n) is 7.52. The Hall–Kier alpha value is -2.04. The van der Waals surface area contributed by atoms with Gasteiger partial charge in [0.2, 0.25) is 5.91 Å². The Kier molecular flexibility index (Phi) is 4.52. The molecule has 0 unspecified atom stereocenters. The van der Waals surface area contributed by atoms with Crippen LogP contribution in [-0.2, 0) is 9.59 Å². The zero-order chi connectivity index (χ0) is 17.4. The molecule has 0 aromatic heterocycles. The number of carbonyl (C=O) groups is 2. The van der Waals surface area contributed by atoms with Crippen molar-refractivity contribution in [3.63, 3.8) is 0 Å². The van der Waals surface area contributed by atoms with Crippen LogP contribution in [0.5, 0.6) is 0 Å². The van der Waals surface area contributed by atoms with Crippen LogP contribution in [0.3, 0.4) is 0 Å². The molecule has 1 saturated heterocycles. The number of nitrogens with one attached hydrogen (secondary N) is 1. The van der Waals surface area contributed by atoms with Gasteiger partial charge in [0, 0.05) is 10.7 Å². The van der Waals surface area contributed by atoms with E-state index in [-0.39, 0.29) is 23.3 Å². The van der Waals surface area contributed by atoms with Crippen LogP contribution >= 0.6 is 23.2 Å². The Labute approximate surface area is 150 Å². The van der Waals surface area contributed by atoms with Crippen LogP contribution in [-0.4, -0.2) is 17.9 Å². The van der Waals surface area contributed by atoms with Crippen molar-refractivity contribution < 1.29 is 9.59 Å². The highest BCUT2D eigenvalue weighted by molar-refractivity contribution is 6.38. The van der Waals surface area contributed by atoms with E-state index in [9.17, 15) is 9.59 Å². The molecule has 0 spiro atoms. The smallest absolute Gasteiger partial charge is 0.256 e. The molecule has 6 heteroatoms. The molecule has 1 fully saturated rings. The number of nitrogens with zero attached hydrogens (tertiary/aromatic N) is 1. The summed E-state index contributed by atoms with van der Waals surface area (Å²) in [5.41, 5.74) is 3.31. The Morgan fingerprint density at radius 1 is 1.08 bits per heavy atom. The van der Waals surface area contributed by atoms with Crippen molar-refractivity contribution in [3.05, 3.63) is 57.6 Å². The molecule has 2 aromatic carbocycles. The lowest BCUT2D eigenvalue weighted by molar-refractivity contribution is -0.121. The molecule has 0 radical (unpaired) electrons. The van der Waals surface area contributed by atoms with Crippen molar-refractivity contribution in [2.24, 2.45) is 0 Å². The fourth-order valence-corrected chi connectivity index (χ4v) is 3.23. The zero-order valence-corrected chi connectivity index (χ0v) is 14.8. The van der Waals surface area contributed by atoms with Crippen molar-refractivity contribution in [3.8, 4) is 0 Å². The molecule has 1 heterocycles. The lowest BCUT2D eigenvalue weighted by atomic mass is 10.1. The number of hydrogen-bond donors (Lipinski definition) is 1. The Morgan fingerprint density at radius 2 is 1.83 bits per heavy atom. The molecule has 0 bridgehead atoms. The second kappa shape index (κ2) is 6.46. The molecule has 0 saturated carbocycles. The molecule has 3 rings (SSSR count). The molecule has 124 valence electrons. The van der Waals surface area contributed by atoms with Crippen LogP contribution in [0, 0.1) is 13.8 Å². The second-order valence-electron chi connectivity index (χ2n) is 5.88. The van der Waals surface area contributed by atoms with Crippen molar-refractivity contribution in [1.29, 1.82) is 0 Å². The van der Waals surface area contributed by atoms with Crippen LogP contribution < -0.4 is 10.2 Å². The number of amides is 2. The average molecular weight is 363 g/mol. The van der Waals surface area contributed by atoms with Crippen LogP contribution in [0.2, 0.25) is 10.0 Å². The number of halogens is 2. The lowest BCUT2D eigenvalue weighted by Crippen LogP contribution is -2.35. The Bertz CT molecular complexity index is 836. The Balaban J connectivity index is 1.87. The fourth-order valence-electron chi connectivity index (χ4n) is 2.74. The summed E-state index contributed by atoms with van der Waals surface area (Å²) in [4.78, 5) is 26.2. The summed E-state index contributed by atoms with van der Waals surface area (Å²) in [6.07, 6.45) is 0.0885. The van der Waals surface area contributed by atoms with Gasteiger partial charge < -0.3 is 5.32 Å². The summed E-state index contributed by atoms with van der Waals surface area (Å²) >= 11 is 12.0. The number of anilines is 2. The topological polar surface area (TPSA) is 49.4 Å². The molecule has 1 aliphatic rings. The van der Waals surface area contributed by atoms with E-state index in [2.05, 4.69) is 5.32 Å². The van der Waals surface area contributed by atoms with Gasteiger partial charge in [-0.1, -0.05) is 35.3 Å². The number of imide groups is 1. The highest BCUT2D eigenvalue weighted by atomic mass is 35.5. The minimum Gasteiger partial charge on any atom is -0.373 e. The Morgan fingerprint density at radius 3 is 2.54 bits per heavy atom. The van der Waals surface area contributed by atoms with E-state index < -0.39 is 6.04 Å². The largest absolute Gasteiger partial charge is 0.373 e. The number of rotatable bonds is 3. The summed E-state index contributed by atoms with van der Waals surface area (Å²) in [6.45, 7) is 3.93. The number of hydrogen-bond acceptors (Lipinski definition) is 3. The number of benzene rings is 2.